The van der Waals surface area contributed by atoms with Crippen molar-refractivity contribution in [1.82, 2.24) is 4.57 Å². The highest BCUT2D eigenvalue weighted by molar-refractivity contribution is 6.01. The van der Waals surface area contributed by atoms with E-state index in [-0.39, 0.29) is 12.4 Å². The van der Waals surface area contributed by atoms with E-state index in [0.717, 1.165) is 45.9 Å². The fourth-order valence-corrected chi connectivity index (χ4v) is 3.95. The summed E-state index contributed by atoms with van der Waals surface area (Å²) in [7, 11) is 0. The zero-order chi connectivity index (χ0) is 25.2. The molecule has 4 rings (SSSR count). The van der Waals surface area contributed by atoms with Crippen molar-refractivity contribution in [2.24, 2.45) is 5.16 Å². The second kappa shape index (κ2) is 9.78. The van der Waals surface area contributed by atoms with Crippen LogP contribution in [0.2, 0.25) is 0 Å². The molecule has 0 N–H and O–H groups in total. The van der Waals surface area contributed by atoms with Crippen molar-refractivity contribution >= 4 is 5.71 Å². The molecule has 0 saturated heterocycles. The average Bonchev–Trinajstić information content (AvgIpc) is 3.16. The Balaban J connectivity index is 1.64. The van der Waals surface area contributed by atoms with Gasteiger partial charge in [-0.1, -0.05) is 29.4 Å². The van der Waals surface area contributed by atoms with Gasteiger partial charge in [0.1, 0.15) is 12.4 Å². The molecule has 0 spiro atoms. The Bertz CT molecular complexity index is 1350. The lowest BCUT2D eigenvalue weighted by molar-refractivity contribution is -0.137. The molecule has 35 heavy (non-hydrogen) atoms. The lowest BCUT2D eigenvalue weighted by atomic mass is 10.1. The molecular weight excluding hydrogens is 456 g/mol. The van der Waals surface area contributed by atoms with Gasteiger partial charge in [-0.3, -0.25) is 0 Å². The number of aromatic nitrogens is 1. The molecule has 0 amide bonds. The zero-order valence-corrected chi connectivity index (χ0v) is 19.5. The van der Waals surface area contributed by atoms with Crippen LogP contribution < -0.4 is 0 Å². The van der Waals surface area contributed by atoms with Gasteiger partial charge < -0.3 is 9.40 Å². The summed E-state index contributed by atoms with van der Waals surface area (Å²) in [5.41, 5.74) is 6.05. The molecule has 0 atom stereocenters. The number of rotatable bonds is 6. The van der Waals surface area contributed by atoms with E-state index < -0.39 is 11.7 Å². The minimum Gasteiger partial charge on any atom is -0.391 e. The van der Waals surface area contributed by atoms with Crippen molar-refractivity contribution in [3.63, 3.8) is 0 Å². The Morgan fingerprint density at radius 1 is 0.914 bits per heavy atom. The molecule has 0 fully saturated rings. The van der Waals surface area contributed by atoms with Gasteiger partial charge in [-0.25, -0.2) is 4.39 Å². The second-order valence-electron chi connectivity index (χ2n) is 8.35. The number of hydrogen-bond acceptors (Lipinski definition) is 2. The van der Waals surface area contributed by atoms with Crippen molar-refractivity contribution < 1.29 is 22.4 Å². The van der Waals surface area contributed by atoms with Crippen LogP contribution in [0.15, 0.2) is 84.0 Å². The summed E-state index contributed by atoms with van der Waals surface area (Å²) in [6.07, 6.45) is -4.38. The molecule has 180 valence electrons. The molecule has 0 bridgehead atoms. The Morgan fingerprint density at radius 2 is 1.60 bits per heavy atom. The average molecular weight is 481 g/mol. The third-order valence-electron chi connectivity index (χ3n) is 5.75. The largest absolute Gasteiger partial charge is 0.416 e. The Morgan fingerprint density at radius 3 is 2.23 bits per heavy atom. The van der Waals surface area contributed by atoms with Crippen LogP contribution in [0.25, 0.3) is 16.9 Å². The number of nitrogens with zero attached hydrogens (tertiary/aromatic N) is 2. The number of benzene rings is 3. The predicted octanol–water partition coefficient (Wildman–Crippen LogP) is 7.86. The predicted molar refractivity (Wildman–Crippen MR) is 129 cm³/mol. The summed E-state index contributed by atoms with van der Waals surface area (Å²) in [6, 6.07) is 21.1. The molecule has 4 aromatic rings. The first-order valence-corrected chi connectivity index (χ1v) is 11.0. The summed E-state index contributed by atoms with van der Waals surface area (Å²) >= 11 is 0. The van der Waals surface area contributed by atoms with Crippen molar-refractivity contribution in [3.8, 4) is 16.9 Å². The van der Waals surface area contributed by atoms with Crippen LogP contribution in [0.4, 0.5) is 17.6 Å². The van der Waals surface area contributed by atoms with Gasteiger partial charge in [0.25, 0.3) is 0 Å². The van der Waals surface area contributed by atoms with Crippen LogP contribution in [-0.2, 0) is 17.6 Å². The first-order valence-electron chi connectivity index (χ1n) is 11.0. The van der Waals surface area contributed by atoms with Crippen LogP contribution >= 0.6 is 0 Å². The summed E-state index contributed by atoms with van der Waals surface area (Å²) in [6.45, 7) is 5.84. The van der Waals surface area contributed by atoms with Crippen molar-refractivity contribution in [2.75, 3.05) is 0 Å². The number of oxime groups is 1. The van der Waals surface area contributed by atoms with E-state index in [0.29, 0.717) is 11.3 Å². The molecule has 0 radical (unpaired) electrons. The fourth-order valence-electron chi connectivity index (χ4n) is 3.95. The van der Waals surface area contributed by atoms with Crippen molar-refractivity contribution in [3.05, 3.63) is 113 Å². The highest BCUT2D eigenvalue weighted by atomic mass is 19.4. The van der Waals surface area contributed by atoms with Gasteiger partial charge >= 0.3 is 6.18 Å². The molecule has 0 aliphatic rings. The lowest BCUT2D eigenvalue weighted by Crippen LogP contribution is -2.04. The van der Waals surface area contributed by atoms with Crippen molar-refractivity contribution in [1.29, 1.82) is 0 Å². The maximum Gasteiger partial charge on any atom is 0.416 e. The minimum atomic E-state index is -4.38. The first-order chi connectivity index (χ1) is 16.6. The molecule has 0 unspecified atom stereocenters. The van der Waals surface area contributed by atoms with E-state index in [4.69, 9.17) is 4.84 Å². The number of hydrogen-bond donors (Lipinski definition) is 0. The topological polar surface area (TPSA) is 26.5 Å². The fraction of sp³-hybridized carbons (Fsp3) is 0.179. The molecule has 0 saturated carbocycles. The maximum absolute atomic E-state index is 13.6. The minimum absolute atomic E-state index is 0.0396. The van der Waals surface area contributed by atoms with Crippen LogP contribution in [0.3, 0.4) is 0 Å². The Labute approximate surface area is 201 Å². The number of halogens is 4. The molecule has 1 heterocycles. The molecular formula is C28H24F4N2O. The molecule has 0 aliphatic carbocycles. The van der Waals surface area contributed by atoms with Gasteiger partial charge in [-0.2, -0.15) is 13.2 Å². The third-order valence-corrected chi connectivity index (χ3v) is 5.75. The quantitative estimate of drug-likeness (QED) is 0.157. The summed E-state index contributed by atoms with van der Waals surface area (Å²) in [4.78, 5) is 5.46. The van der Waals surface area contributed by atoms with E-state index in [1.54, 1.807) is 12.1 Å². The summed E-state index contributed by atoms with van der Waals surface area (Å²) < 4.78 is 53.9. The standard InChI is InChI=1S/C28H24F4N2O/c1-18-5-4-6-25(15-18)34-20(3)26(16-27(34)22-9-13-24(29)14-10-22)19(2)33-35-17-21-7-11-23(12-8-21)28(30,31)32/h4-16H,17H2,1-3H3. The van der Waals surface area contributed by atoms with E-state index >= 15 is 0 Å². The molecule has 1 aromatic heterocycles. The van der Waals surface area contributed by atoms with Gasteiger partial charge in [0.2, 0.25) is 0 Å². The summed E-state index contributed by atoms with van der Waals surface area (Å²) in [5, 5.41) is 4.22. The van der Waals surface area contributed by atoms with E-state index in [9.17, 15) is 17.6 Å². The van der Waals surface area contributed by atoms with Crippen LogP contribution in [0.5, 0.6) is 0 Å². The Kier molecular flexibility index (Phi) is 6.78. The maximum atomic E-state index is 13.6. The number of aryl methyl sites for hydroxylation is 1. The van der Waals surface area contributed by atoms with Crippen LogP contribution in [-0.4, -0.2) is 10.3 Å². The van der Waals surface area contributed by atoms with Gasteiger partial charge in [0.05, 0.1) is 17.0 Å². The smallest absolute Gasteiger partial charge is 0.391 e. The monoisotopic (exact) mass is 480 g/mol. The van der Waals surface area contributed by atoms with Gasteiger partial charge in [0.15, 0.2) is 0 Å². The summed E-state index contributed by atoms with van der Waals surface area (Å²) in [5.74, 6) is -0.311. The lowest BCUT2D eigenvalue weighted by Gasteiger charge is -2.13. The number of alkyl halides is 3. The SMILES string of the molecule is CC(=NOCc1ccc(C(F)(F)F)cc1)c1cc(-c2ccc(F)cc2)n(-c2cccc(C)c2)c1C. The van der Waals surface area contributed by atoms with E-state index in [1.807, 2.05) is 45.0 Å². The third kappa shape index (κ3) is 5.45. The van der Waals surface area contributed by atoms with E-state index in [1.165, 1.54) is 24.3 Å². The molecule has 3 aromatic carbocycles. The van der Waals surface area contributed by atoms with Gasteiger partial charge in [-0.15, -0.1) is 0 Å². The second-order valence-corrected chi connectivity index (χ2v) is 8.35. The van der Waals surface area contributed by atoms with E-state index in [2.05, 4.69) is 15.8 Å². The van der Waals surface area contributed by atoms with Crippen LogP contribution in [0.1, 0.15) is 34.9 Å². The van der Waals surface area contributed by atoms with Gasteiger partial charge in [0, 0.05) is 16.9 Å². The van der Waals surface area contributed by atoms with Crippen LogP contribution in [0, 0.1) is 19.7 Å². The Hall–Kier alpha value is -3.87. The van der Waals surface area contributed by atoms with Gasteiger partial charge in [-0.05, 0) is 92.1 Å². The first kappa shape index (κ1) is 24.3. The molecule has 7 heteroatoms. The van der Waals surface area contributed by atoms with Crippen molar-refractivity contribution in [2.45, 2.75) is 33.6 Å². The highest BCUT2D eigenvalue weighted by Gasteiger charge is 2.29. The molecule has 3 nitrogen and oxygen atoms in total. The molecule has 0 aliphatic heterocycles. The normalized spacial score (nSPS) is 12.1. The zero-order valence-electron chi connectivity index (χ0n) is 19.5. The highest BCUT2D eigenvalue weighted by Crippen LogP contribution is 2.31.